The third kappa shape index (κ3) is 4.90. The summed E-state index contributed by atoms with van der Waals surface area (Å²) < 4.78 is 27.8. The van der Waals surface area contributed by atoms with Gasteiger partial charge >= 0.3 is 0 Å². The van der Waals surface area contributed by atoms with Crippen molar-refractivity contribution in [2.75, 3.05) is 45.8 Å². The molecule has 0 saturated carbocycles. The summed E-state index contributed by atoms with van der Waals surface area (Å²) in [6.45, 7) is 9.71. The molecule has 0 bridgehead atoms. The second-order valence-electron chi connectivity index (χ2n) is 7.76. The Bertz CT molecular complexity index is 767. The van der Waals surface area contributed by atoms with Crippen LogP contribution in [0.3, 0.4) is 0 Å². The quantitative estimate of drug-likeness (QED) is 0.672. The lowest BCUT2D eigenvalue weighted by atomic mass is 9.85. The molecule has 3 rings (SSSR count). The van der Waals surface area contributed by atoms with Crippen molar-refractivity contribution in [3.63, 3.8) is 0 Å². The van der Waals surface area contributed by atoms with Crippen LogP contribution in [0, 0.1) is 11.8 Å². The fourth-order valence-electron chi connectivity index (χ4n) is 4.18. The molecule has 158 valence electrons. The normalized spacial score (nSPS) is 21.8. The molecule has 0 aliphatic carbocycles. The van der Waals surface area contributed by atoms with E-state index in [9.17, 15) is 13.2 Å². The highest BCUT2D eigenvalue weighted by Crippen LogP contribution is 2.32. The lowest BCUT2D eigenvalue weighted by Gasteiger charge is -2.38. The second kappa shape index (κ2) is 9.43. The van der Waals surface area contributed by atoms with Gasteiger partial charge in [0.2, 0.25) is 5.91 Å². The third-order valence-electron chi connectivity index (χ3n) is 5.96. The van der Waals surface area contributed by atoms with Crippen molar-refractivity contribution in [3.8, 4) is 0 Å². The van der Waals surface area contributed by atoms with E-state index in [4.69, 9.17) is 11.6 Å². The zero-order valence-corrected chi connectivity index (χ0v) is 19.0. The van der Waals surface area contributed by atoms with Gasteiger partial charge < -0.3 is 4.90 Å². The van der Waals surface area contributed by atoms with Crippen LogP contribution in [0.1, 0.15) is 33.1 Å². The number of hydrogen-bond acceptors (Lipinski definition) is 5. The predicted octanol–water partition coefficient (Wildman–Crippen LogP) is 2.99. The minimum atomic E-state index is -3.48. The number of carbonyl (C=O) groups is 1. The number of thiophene rings is 1. The number of halogens is 1. The Labute approximate surface area is 177 Å². The Balaban J connectivity index is 1.52. The summed E-state index contributed by atoms with van der Waals surface area (Å²) in [4.78, 5) is 17.3. The molecule has 3 heterocycles. The molecule has 2 aliphatic heterocycles. The molecule has 0 N–H and O–H groups in total. The van der Waals surface area contributed by atoms with E-state index in [-0.39, 0.29) is 17.7 Å². The molecule has 2 fully saturated rings. The molecule has 9 heteroatoms. The van der Waals surface area contributed by atoms with Crippen LogP contribution in [0.5, 0.6) is 0 Å². The van der Waals surface area contributed by atoms with Crippen LogP contribution in [0.25, 0.3) is 0 Å². The van der Waals surface area contributed by atoms with Crippen LogP contribution >= 0.6 is 22.9 Å². The van der Waals surface area contributed by atoms with Crippen LogP contribution in [-0.4, -0.2) is 74.2 Å². The second-order valence-corrected chi connectivity index (χ2v) is 11.6. The highest BCUT2D eigenvalue weighted by Gasteiger charge is 2.35. The summed E-state index contributed by atoms with van der Waals surface area (Å²) in [7, 11) is -3.48. The van der Waals surface area contributed by atoms with Gasteiger partial charge in [-0.05, 0) is 43.9 Å². The van der Waals surface area contributed by atoms with Crippen LogP contribution in [0.4, 0.5) is 0 Å². The van der Waals surface area contributed by atoms with Gasteiger partial charge in [-0.1, -0.05) is 25.4 Å². The third-order valence-corrected chi connectivity index (χ3v) is 9.56. The summed E-state index contributed by atoms with van der Waals surface area (Å²) in [5, 5.41) is 0. The van der Waals surface area contributed by atoms with Crippen molar-refractivity contribution in [1.29, 1.82) is 0 Å². The number of piperazine rings is 1. The smallest absolute Gasteiger partial charge is 0.252 e. The number of nitrogens with zero attached hydrogens (tertiary/aromatic N) is 3. The maximum Gasteiger partial charge on any atom is 0.252 e. The zero-order chi connectivity index (χ0) is 20.3. The predicted molar refractivity (Wildman–Crippen MR) is 113 cm³/mol. The fourth-order valence-corrected chi connectivity index (χ4v) is 7.28. The number of rotatable bonds is 6. The van der Waals surface area contributed by atoms with Gasteiger partial charge in [0.15, 0.2) is 0 Å². The zero-order valence-electron chi connectivity index (χ0n) is 16.6. The minimum Gasteiger partial charge on any atom is -0.340 e. The summed E-state index contributed by atoms with van der Waals surface area (Å²) in [6, 6.07) is 3.19. The molecule has 1 aromatic rings. The first-order valence-corrected chi connectivity index (χ1v) is 12.7. The highest BCUT2D eigenvalue weighted by molar-refractivity contribution is 7.91. The Morgan fingerprint density at radius 1 is 1.18 bits per heavy atom. The molecule has 6 nitrogen and oxygen atoms in total. The molecule has 1 amide bonds. The fraction of sp³-hybridized carbons (Fsp3) is 0.737. The van der Waals surface area contributed by atoms with Crippen molar-refractivity contribution < 1.29 is 13.2 Å². The number of piperidine rings is 1. The maximum atomic E-state index is 12.9. The van der Waals surface area contributed by atoms with E-state index < -0.39 is 10.0 Å². The Hall–Kier alpha value is -0.670. The van der Waals surface area contributed by atoms with Gasteiger partial charge in [-0.25, -0.2) is 8.42 Å². The molecule has 0 unspecified atom stereocenters. The van der Waals surface area contributed by atoms with E-state index in [0.717, 1.165) is 63.3 Å². The number of carbonyl (C=O) groups excluding carboxylic acids is 1. The first kappa shape index (κ1) is 22.0. The Morgan fingerprint density at radius 3 is 2.36 bits per heavy atom. The number of amides is 1. The van der Waals surface area contributed by atoms with Crippen molar-refractivity contribution >= 4 is 38.9 Å². The molecule has 0 radical (unpaired) electrons. The van der Waals surface area contributed by atoms with Crippen LogP contribution in [0.15, 0.2) is 16.3 Å². The van der Waals surface area contributed by atoms with Crippen LogP contribution < -0.4 is 0 Å². The van der Waals surface area contributed by atoms with E-state index in [1.54, 1.807) is 12.1 Å². The molecule has 0 aromatic carbocycles. The van der Waals surface area contributed by atoms with E-state index in [2.05, 4.69) is 11.8 Å². The molecule has 2 aliphatic rings. The van der Waals surface area contributed by atoms with Crippen molar-refractivity contribution in [1.82, 2.24) is 14.1 Å². The molecule has 28 heavy (non-hydrogen) atoms. The van der Waals surface area contributed by atoms with Gasteiger partial charge in [-0.2, -0.15) is 4.31 Å². The topological polar surface area (TPSA) is 60.9 Å². The standard InChI is InChI=1S/C19H30ClN3O3S2/c1-3-8-21-11-13-22(14-12-21)19(24)15(2)16-6-9-23(10-7-16)28(25,26)18-5-4-17(20)27-18/h4-5,15-16H,3,6-14H2,1-2H3/t15-/m1/s1. The minimum absolute atomic E-state index is 0.0567. The maximum absolute atomic E-state index is 12.9. The summed E-state index contributed by atoms with van der Waals surface area (Å²) in [6.07, 6.45) is 2.59. The first-order chi connectivity index (χ1) is 13.3. The van der Waals surface area contributed by atoms with Gasteiger partial charge in [-0.3, -0.25) is 9.69 Å². The molecule has 0 spiro atoms. The van der Waals surface area contributed by atoms with E-state index in [1.807, 2.05) is 11.8 Å². The van der Waals surface area contributed by atoms with Gasteiger partial charge in [0.25, 0.3) is 10.0 Å². The number of hydrogen-bond donors (Lipinski definition) is 0. The van der Waals surface area contributed by atoms with Crippen molar-refractivity contribution in [3.05, 3.63) is 16.5 Å². The number of sulfonamides is 1. The molecule has 1 aromatic heterocycles. The van der Waals surface area contributed by atoms with Crippen molar-refractivity contribution in [2.45, 2.75) is 37.3 Å². The summed E-state index contributed by atoms with van der Waals surface area (Å²) in [5.41, 5.74) is 0. The highest BCUT2D eigenvalue weighted by atomic mass is 35.5. The summed E-state index contributed by atoms with van der Waals surface area (Å²) in [5.74, 6) is 0.404. The Kier molecular flexibility index (Phi) is 7.42. The van der Waals surface area contributed by atoms with E-state index in [0.29, 0.717) is 21.6 Å². The molecule has 2 saturated heterocycles. The van der Waals surface area contributed by atoms with Crippen LogP contribution in [-0.2, 0) is 14.8 Å². The molecule has 1 atom stereocenters. The van der Waals surface area contributed by atoms with Crippen molar-refractivity contribution in [2.24, 2.45) is 11.8 Å². The van der Waals surface area contributed by atoms with E-state index >= 15 is 0 Å². The summed E-state index contributed by atoms with van der Waals surface area (Å²) >= 11 is 6.99. The monoisotopic (exact) mass is 447 g/mol. The van der Waals surface area contributed by atoms with Crippen LogP contribution in [0.2, 0.25) is 4.34 Å². The van der Waals surface area contributed by atoms with E-state index in [1.165, 1.54) is 4.31 Å². The SMILES string of the molecule is CCCN1CCN(C(=O)[C@H](C)C2CCN(S(=O)(=O)c3ccc(Cl)s3)CC2)CC1. The molecular formula is C19H30ClN3O3S2. The van der Waals surface area contributed by atoms with Gasteiger partial charge in [0.1, 0.15) is 4.21 Å². The Morgan fingerprint density at radius 2 is 1.82 bits per heavy atom. The average molecular weight is 448 g/mol. The average Bonchev–Trinajstić information content (AvgIpc) is 3.15. The van der Waals surface area contributed by atoms with Gasteiger partial charge in [0, 0.05) is 45.2 Å². The molecular weight excluding hydrogens is 418 g/mol. The van der Waals surface area contributed by atoms with Gasteiger partial charge in [0.05, 0.1) is 4.34 Å². The largest absolute Gasteiger partial charge is 0.340 e. The van der Waals surface area contributed by atoms with Gasteiger partial charge in [-0.15, -0.1) is 11.3 Å². The lowest BCUT2D eigenvalue weighted by molar-refractivity contribution is -0.139. The lowest BCUT2D eigenvalue weighted by Crippen LogP contribution is -2.51. The first-order valence-electron chi connectivity index (χ1n) is 10.1.